The quantitative estimate of drug-likeness (QED) is 0.633. The maximum absolute atomic E-state index is 12.7. The Morgan fingerprint density at radius 3 is 2.60 bits per heavy atom. The Morgan fingerprint density at radius 2 is 1.87 bits per heavy atom. The topological polar surface area (TPSA) is 42.0 Å². The first-order valence-electron chi connectivity index (χ1n) is 10.8. The van der Waals surface area contributed by atoms with Gasteiger partial charge in [-0.15, -0.1) is 0 Å². The van der Waals surface area contributed by atoms with E-state index in [1.54, 1.807) is 14.2 Å². The van der Waals surface area contributed by atoms with Gasteiger partial charge in [-0.25, -0.2) is 0 Å². The largest absolute Gasteiger partial charge is 0.497 e. The zero-order chi connectivity index (χ0) is 21.3. The van der Waals surface area contributed by atoms with Gasteiger partial charge in [0.1, 0.15) is 11.5 Å². The first-order chi connectivity index (χ1) is 14.6. The Balaban J connectivity index is 1.46. The summed E-state index contributed by atoms with van der Waals surface area (Å²) in [5.41, 5.74) is 2.28. The molecule has 0 unspecified atom stereocenters. The lowest BCUT2D eigenvalue weighted by Crippen LogP contribution is -2.42. The molecule has 0 N–H and O–H groups in total. The molecule has 162 valence electrons. The second-order valence-corrected chi connectivity index (χ2v) is 8.17. The van der Waals surface area contributed by atoms with E-state index in [4.69, 9.17) is 9.47 Å². The van der Waals surface area contributed by atoms with Crippen LogP contribution in [0.5, 0.6) is 11.5 Å². The number of piperidine rings is 1. The smallest absolute Gasteiger partial charge is 0.226 e. The number of nitrogens with zero attached hydrogens (tertiary/aromatic N) is 2. The van der Waals surface area contributed by atoms with Gasteiger partial charge in [-0.2, -0.15) is 0 Å². The molecule has 0 saturated carbocycles. The number of amides is 1. The van der Waals surface area contributed by atoms with Gasteiger partial charge in [0.15, 0.2) is 0 Å². The fraction of sp³-hybridized carbons (Fsp3) is 0.480. The van der Waals surface area contributed by atoms with Crippen molar-refractivity contribution in [2.75, 3.05) is 47.4 Å². The fourth-order valence-electron chi connectivity index (χ4n) is 4.23. The monoisotopic (exact) mass is 410 g/mol. The van der Waals surface area contributed by atoms with E-state index in [1.807, 2.05) is 48.3 Å². The number of likely N-dealkylation sites (tertiary alicyclic amines) is 1. The molecular weight excluding hydrogens is 376 g/mol. The van der Waals surface area contributed by atoms with Crippen LogP contribution in [0.2, 0.25) is 0 Å². The minimum Gasteiger partial charge on any atom is -0.497 e. The summed E-state index contributed by atoms with van der Waals surface area (Å²) in [5, 5.41) is 0. The summed E-state index contributed by atoms with van der Waals surface area (Å²) in [6.45, 7) is 4.03. The first kappa shape index (κ1) is 22.2. The van der Waals surface area contributed by atoms with Crippen molar-refractivity contribution in [2.45, 2.75) is 25.7 Å². The van der Waals surface area contributed by atoms with Gasteiger partial charge in [-0.05, 0) is 61.1 Å². The molecular formula is C25H34N2O3. The molecule has 5 heteroatoms. The lowest BCUT2D eigenvalue weighted by Gasteiger charge is -2.35. The highest BCUT2D eigenvalue weighted by atomic mass is 16.5. The summed E-state index contributed by atoms with van der Waals surface area (Å²) >= 11 is 0. The van der Waals surface area contributed by atoms with Gasteiger partial charge in [0.2, 0.25) is 5.91 Å². The van der Waals surface area contributed by atoms with Gasteiger partial charge < -0.3 is 19.3 Å². The number of likely N-dealkylation sites (N-methyl/N-ethyl adjacent to an activating group) is 1. The maximum atomic E-state index is 12.7. The number of hydrogen-bond acceptors (Lipinski definition) is 4. The summed E-state index contributed by atoms with van der Waals surface area (Å²) in [6, 6.07) is 16.0. The molecule has 2 aromatic rings. The van der Waals surface area contributed by atoms with Crippen LogP contribution < -0.4 is 9.47 Å². The van der Waals surface area contributed by atoms with Crippen LogP contribution in [0.1, 0.15) is 24.0 Å². The molecule has 0 aliphatic carbocycles. The minimum absolute atomic E-state index is 0.173. The highest BCUT2D eigenvalue weighted by Gasteiger charge is 2.23. The molecule has 5 nitrogen and oxygen atoms in total. The Labute approximate surface area is 180 Å². The molecule has 0 spiro atoms. The molecule has 0 bridgehead atoms. The van der Waals surface area contributed by atoms with Crippen LogP contribution in [0.15, 0.2) is 48.5 Å². The molecule has 1 atom stereocenters. The van der Waals surface area contributed by atoms with E-state index in [2.05, 4.69) is 17.0 Å². The number of methoxy groups -OCH3 is 2. The number of carbonyl (C=O) groups excluding carboxylic acids is 1. The molecule has 1 saturated heterocycles. The molecule has 1 amide bonds. The highest BCUT2D eigenvalue weighted by molar-refractivity contribution is 5.78. The van der Waals surface area contributed by atoms with Crippen LogP contribution in [0, 0.1) is 5.92 Å². The maximum Gasteiger partial charge on any atom is 0.226 e. The average molecular weight is 411 g/mol. The summed E-state index contributed by atoms with van der Waals surface area (Å²) < 4.78 is 10.7. The van der Waals surface area contributed by atoms with Crippen LogP contribution in [0.3, 0.4) is 0 Å². The number of carbonyl (C=O) groups is 1. The van der Waals surface area contributed by atoms with Gasteiger partial charge in [-0.3, -0.25) is 4.79 Å². The molecule has 1 aliphatic rings. The van der Waals surface area contributed by atoms with E-state index in [9.17, 15) is 4.79 Å². The van der Waals surface area contributed by atoms with Gasteiger partial charge in [-0.1, -0.05) is 30.3 Å². The van der Waals surface area contributed by atoms with Gasteiger partial charge in [0.05, 0.1) is 20.6 Å². The van der Waals surface area contributed by atoms with Crippen molar-refractivity contribution < 1.29 is 14.3 Å². The van der Waals surface area contributed by atoms with E-state index in [1.165, 1.54) is 18.4 Å². The van der Waals surface area contributed by atoms with Crippen LogP contribution in [-0.2, 0) is 17.6 Å². The normalized spacial score (nSPS) is 16.8. The van der Waals surface area contributed by atoms with Crippen molar-refractivity contribution in [1.82, 2.24) is 9.80 Å². The number of rotatable bonds is 9. The Kier molecular flexibility index (Phi) is 8.14. The van der Waals surface area contributed by atoms with Gasteiger partial charge in [0, 0.05) is 26.7 Å². The van der Waals surface area contributed by atoms with Gasteiger partial charge >= 0.3 is 0 Å². The molecule has 2 aromatic carbocycles. The Bertz CT molecular complexity index is 806. The van der Waals surface area contributed by atoms with Crippen molar-refractivity contribution in [3.8, 4) is 11.5 Å². The van der Waals surface area contributed by atoms with E-state index in [0.29, 0.717) is 12.3 Å². The van der Waals surface area contributed by atoms with Crippen molar-refractivity contribution in [3.05, 3.63) is 59.7 Å². The highest BCUT2D eigenvalue weighted by Crippen LogP contribution is 2.21. The number of para-hydroxylation sites is 1. The SMILES string of the molecule is COc1ccc(CC(=O)N(C)C[C@H]2CCCN(CCc3ccccc3OC)C2)cc1. The average Bonchev–Trinajstić information content (AvgIpc) is 2.78. The van der Waals surface area contributed by atoms with Crippen molar-refractivity contribution in [3.63, 3.8) is 0 Å². The lowest BCUT2D eigenvalue weighted by molar-refractivity contribution is -0.130. The van der Waals surface area contributed by atoms with E-state index in [-0.39, 0.29) is 5.91 Å². The summed E-state index contributed by atoms with van der Waals surface area (Å²) in [6.07, 6.45) is 3.80. The standard InChI is InChI=1S/C25H34N2O3/c1-26(25(28)17-20-10-12-23(29-2)13-11-20)18-21-7-6-15-27(19-21)16-14-22-8-4-5-9-24(22)30-3/h4-5,8-13,21H,6-7,14-19H2,1-3H3/t21-/m1/s1. The third kappa shape index (κ3) is 6.23. The number of ether oxygens (including phenoxy) is 2. The molecule has 30 heavy (non-hydrogen) atoms. The first-order valence-corrected chi connectivity index (χ1v) is 10.8. The van der Waals surface area contributed by atoms with Crippen LogP contribution in [0.4, 0.5) is 0 Å². The van der Waals surface area contributed by atoms with Crippen molar-refractivity contribution >= 4 is 5.91 Å². The number of hydrogen-bond donors (Lipinski definition) is 0. The zero-order valence-corrected chi connectivity index (χ0v) is 18.5. The molecule has 3 rings (SSSR count). The predicted octanol–water partition coefficient (Wildman–Crippen LogP) is 3.66. The summed E-state index contributed by atoms with van der Waals surface area (Å²) in [5.74, 6) is 2.48. The Morgan fingerprint density at radius 1 is 1.10 bits per heavy atom. The number of benzene rings is 2. The molecule has 0 aromatic heterocycles. The van der Waals surface area contributed by atoms with Crippen molar-refractivity contribution in [1.29, 1.82) is 0 Å². The van der Waals surface area contributed by atoms with Gasteiger partial charge in [0.25, 0.3) is 0 Å². The van der Waals surface area contributed by atoms with E-state index in [0.717, 1.165) is 49.7 Å². The van der Waals surface area contributed by atoms with Crippen molar-refractivity contribution in [2.24, 2.45) is 5.92 Å². The van der Waals surface area contributed by atoms with E-state index < -0.39 is 0 Å². The molecule has 1 fully saturated rings. The third-order valence-electron chi connectivity index (χ3n) is 5.97. The van der Waals surface area contributed by atoms with Crippen LogP contribution in [-0.4, -0.2) is 63.2 Å². The van der Waals surface area contributed by atoms with Crippen LogP contribution in [0.25, 0.3) is 0 Å². The third-order valence-corrected chi connectivity index (χ3v) is 5.97. The second-order valence-electron chi connectivity index (χ2n) is 8.17. The minimum atomic E-state index is 0.173. The molecule has 1 aliphatic heterocycles. The van der Waals surface area contributed by atoms with E-state index >= 15 is 0 Å². The zero-order valence-electron chi connectivity index (χ0n) is 18.5. The molecule has 0 radical (unpaired) electrons. The predicted molar refractivity (Wildman–Crippen MR) is 120 cm³/mol. The Hall–Kier alpha value is -2.53. The fourth-order valence-corrected chi connectivity index (χ4v) is 4.23. The molecule has 1 heterocycles. The summed E-state index contributed by atoms with van der Waals surface area (Å²) in [4.78, 5) is 17.1. The summed E-state index contributed by atoms with van der Waals surface area (Å²) in [7, 11) is 5.31. The second kappa shape index (κ2) is 11.0. The lowest BCUT2D eigenvalue weighted by atomic mass is 9.96. The van der Waals surface area contributed by atoms with Crippen LogP contribution >= 0.6 is 0 Å².